The molecular weight excluding hydrogens is 222 g/mol. The Labute approximate surface area is 98.4 Å². The first-order valence-corrected chi connectivity index (χ1v) is 5.69. The highest BCUT2D eigenvalue weighted by molar-refractivity contribution is 5.92. The van der Waals surface area contributed by atoms with E-state index in [2.05, 4.69) is 15.6 Å². The molecule has 0 bridgehead atoms. The summed E-state index contributed by atoms with van der Waals surface area (Å²) in [5.74, 6) is -0.157. The van der Waals surface area contributed by atoms with E-state index in [0.29, 0.717) is 24.8 Å². The van der Waals surface area contributed by atoms with Crippen LogP contribution in [0.5, 0.6) is 0 Å². The Morgan fingerprint density at radius 3 is 2.82 bits per heavy atom. The standard InChI is InChI=1S/C10H15N5O2/c1-10(17)5-14(6-10)9(16)8-4-15(13-12-8)7-2-11-3-7/h4,7,11,17H,2-3,5-6H2,1H3. The van der Waals surface area contributed by atoms with Crippen LogP contribution in [-0.2, 0) is 0 Å². The highest BCUT2D eigenvalue weighted by Crippen LogP contribution is 2.21. The van der Waals surface area contributed by atoms with Crippen molar-refractivity contribution in [3.05, 3.63) is 11.9 Å². The highest BCUT2D eigenvalue weighted by atomic mass is 16.3. The molecule has 0 atom stereocenters. The molecular formula is C10H15N5O2. The first-order valence-electron chi connectivity index (χ1n) is 5.69. The van der Waals surface area contributed by atoms with Gasteiger partial charge in [0.15, 0.2) is 5.69 Å². The van der Waals surface area contributed by atoms with Crippen LogP contribution in [0.3, 0.4) is 0 Å². The minimum atomic E-state index is -0.746. The van der Waals surface area contributed by atoms with Gasteiger partial charge in [-0.15, -0.1) is 5.10 Å². The molecule has 3 heterocycles. The van der Waals surface area contributed by atoms with Gasteiger partial charge in [-0.25, -0.2) is 4.68 Å². The van der Waals surface area contributed by atoms with Crippen LogP contribution in [0.4, 0.5) is 0 Å². The van der Waals surface area contributed by atoms with Crippen LogP contribution in [0.1, 0.15) is 23.5 Å². The van der Waals surface area contributed by atoms with Crippen molar-refractivity contribution in [2.24, 2.45) is 0 Å². The Morgan fingerprint density at radius 2 is 2.29 bits per heavy atom. The zero-order chi connectivity index (χ0) is 12.0. The van der Waals surface area contributed by atoms with Gasteiger partial charge >= 0.3 is 0 Å². The van der Waals surface area contributed by atoms with Gasteiger partial charge in [0.05, 0.1) is 30.9 Å². The minimum Gasteiger partial charge on any atom is -0.386 e. The van der Waals surface area contributed by atoms with Gasteiger partial charge in [0, 0.05) is 13.1 Å². The van der Waals surface area contributed by atoms with E-state index >= 15 is 0 Å². The number of amides is 1. The van der Waals surface area contributed by atoms with Crippen molar-refractivity contribution in [3.8, 4) is 0 Å². The van der Waals surface area contributed by atoms with Gasteiger partial charge in [0.1, 0.15) is 0 Å². The van der Waals surface area contributed by atoms with Crippen molar-refractivity contribution in [1.29, 1.82) is 0 Å². The second kappa shape index (κ2) is 3.51. The molecule has 2 N–H and O–H groups in total. The number of aromatic nitrogens is 3. The Balaban J connectivity index is 1.67. The van der Waals surface area contributed by atoms with E-state index in [9.17, 15) is 9.90 Å². The van der Waals surface area contributed by atoms with Crippen molar-refractivity contribution in [2.45, 2.75) is 18.6 Å². The van der Waals surface area contributed by atoms with Crippen molar-refractivity contribution < 1.29 is 9.90 Å². The van der Waals surface area contributed by atoms with Crippen LogP contribution in [-0.4, -0.2) is 62.7 Å². The predicted molar refractivity (Wildman–Crippen MR) is 58.5 cm³/mol. The van der Waals surface area contributed by atoms with Crippen LogP contribution in [0.2, 0.25) is 0 Å². The molecule has 3 rings (SSSR count). The predicted octanol–water partition coefficient (Wildman–Crippen LogP) is -1.37. The molecule has 2 aliphatic rings. The molecule has 2 fully saturated rings. The van der Waals surface area contributed by atoms with E-state index in [1.807, 2.05) is 0 Å². The Morgan fingerprint density at radius 1 is 1.59 bits per heavy atom. The Hall–Kier alpha value is -1.47. The second-order valence-corrected chi connectivity index (χ2v) is 5.05. The topological polar surface area (TPSA) is 83.3 Å². The number of hydrogen-bond acceptors (Lipinski definition) is 5. The first kappa shape index (κ1) is 10.7. The number of nitrogens with one attached hydrogen (secondary N) is 1. The molecule has 92 valence electrons. The molecule has 1 amide bonds. The summed E-state index contributed by atoms with van der Waals surface area (Å²) in [6.07, 6.45) is 1.68. The molecule has 0 spiro atoms. The zero-order valence-corrected chi connectivity index (χ0v) is 9.63. The van der Waals surface area contributed by atoms with Crippen molar-refractivity contribution in [2.75, 3.05) is 26.2 Å². The number of carbonyl (C=O) groups is 1. The fraction of sp³-hybridized carbons (Fsp3) is 0.700. The monoisotopic (exact) mass is 237 g/mol. The van der Waals surface area contributed by atoms with Gasteiger partial charge in [-0.1, -0.05) is 5.21 Å². The maximum atomic E-state index is 11.9. The molecule has 1 aromatic rings. The Kier molecular flexibility index (Phi) is 2.20. The van der Waals surface area contributed by atoms with Crippen LogP contribution in [0, 0.1) is 0 Å². The number of likely N-dealkylation sites (tertiary alicyclic amines) is 1. The van der Waals surface area contributed by atoms with Crippen LogP contribution >= 0.6 is 0 Å². The van der Waals surface area contributed by atoms with Crippen molar-refractivity contribution in [1.82, 2.24) is 25.2 Å². The molecule has 0 saturated carbocycles. The normalized spacial score (nSPS) is 23.1. The smallest absolute Gasteiger partial charge is 0.276 e. The van der Waals surface area contributed by atoms with E-state index in [1.165, 1.54) is 0 Å². The molecule has 2 saturated heterocycles. The van der Waals surface area contributed by atoms with Crippen molar-refractivity contribution >= 4 is 5.91 Å². The van der Waals surface area contributed by atoms with E-state index in [-0.39, 0.29) is 5.91 Å². The maximum absolute atomic E-state index is 11.9. The van der Waals surface area contributed by atoms with Gasteiger partial charge in [-0.2, -0.15) is 0 Å². The van der Waals surface area contributed by atoms with Gasteiger partial charge in [-0.05, 0) is 6.92 Å². The van der Waals surface area contributed by atoms with Crippen LogP contribution < -0.4 is 5.32 Å². The molecule has 0 aromatic carbocycles. The second-order valence-electron chi connectivity index (χ2n) is 5.05. The average molecular weight is 237 g/mol. The summed E-state index contributed by atoms with van der Waals surface area (Å²) in [4.78, 5) is 13.5. The third kappa shape index (κ3) is 1.81. The summed E-state index contributed by atoms with van der Waals surface area (Å²) in [6.45, 7) is 4.19. The van der Waals surface area contributed by atoms with Crippen LogP contribution in [0.25, 0.3) is 0 Å². The van der Waals surface area contributed by atoms with E-state index in [0.717, 1.165) is 13.1 Å². The number of rotatable bonds is 2. The quantitative estimate of drug-likeness (QED) is 0.663. The van der Waals surface area contributed by atoms with E-state index in [4.69, 9.17) is 0 Å². The maximum Gasteiger partial charge on any atom is 0.276 e. The number of hydrogen-bond donors (Lipinski definition) is 2. The summed E-state index contributed by atoms with van der Waals surface area (Å²) in [6, 6.07) is 0.309. The molecule has 17 heavy (non-hydrogen) atoms. The summed E-state index contributed by atoms with van der Waals surface area (Å²) >= 11 is 0. The summed E-state index contributed by atoms with van der Waals surface area (Å²) in [7, 11) is 0. The third-order valence-corrected chi connectivity index (χ3v) is 3.21. The lowest BCUT2D eigenvalue weighted by atomic mass is 9.97. The number of aliphatic hydroxyl groups is 1. The lowest BCUT2D eigenvalue weighted by Crippen LogP contribution is -2.61. The Bertz CT molecular complexity index is 443. The lowest BCUT2D eigenvalue weighted by molar-refractivity contribution is -0.0670. The molecule has 1 aromatic heterocycles. The molecule has 0 radical (unpaired) electrons. The fourth-order valence-electron chi connectivity index (χ4n) is 2.10. The largest absolute Gasteiger partial charge is 0.386 e. The van der Waals surface area contributed by atoms with Gasteiger partial charge in [0.25, 0.3) is 5.91 Å². The number of carbonyl (C=O) groups excluding carboxylic acids is 1. The minimum absolute atomic E-state index is 0.157. The summed E-state index contributed by atoms with van der Waals surface area (Å²) < 4.78 is 1.72. The van der Waals surface area contributed by atoms with E-state index < -0.39 is 5.60 Å². The highest BCUT2D eigenvalue weighted by Gasteiger charge is 2.40. The molecule has 2 aliphatic heterocycles. The van der Waals surface area contributed by atoms with Gasteiger partial charge < -0.3 is 15.3 Å². The average Bonchev–Trinajstić information content (AvgIpc) is 2.59. The van der Waals surface area contributed by atoms with Crippen LogP contribution in [0.15, 0.2) is 6.20 Å². The van der Waals surface area contributed by atoms with Crippen molar-refractivity contribution in [3.63, 3.8) is 0 Å². The fourth-order valence-corrected chi connectivity index (χ4v) is 2.10. The summed E-state index contributed by atoms with van der Waals surface area (Å²) in [5, 5.41) is 20.5. The number of β-amino-alcohol motifs (C(OH)–C–C–N with tert-alkyl or cyclic N) is 1. The van der Waals surface area contributed by atoms with Gasteiger partial charge in [-0.3, -0.25) is 4.79 Å². The molecule has 0 aliphatic carbocycles. The lowest BCUT2D eigenvalue weighted by Gasteiger charge is -2.43. The molecule has 7 heteroatoms. The van der Waals surface area contributed by atoms with E-state index in [1.54, 1.807) is 22.7 Å². The third-order valence-electron chi connectivity index (χ3n) is 3.21. The first-order chi connectivity index (χ1) is 8.05. The number of nitrogens with zero attached hydrogens (tertiary/aromatic N) is 4. The summed E-state index contributed by atoms with van der Waals surface area (Å²) in [5.41, 5.74) is -0.392. The zero-order valence-electron chi connectivity index (χ0n) is 9.63. The SMILES string of the molecule is CC1(O)CN(C(=O)c2cn(C3CNC3)nn2)C1. The molecule has 7 nitrogen and oxygen atoms in total. The van der Waals surface area contributed by atoms with Gasteiger partial charge in [0.2, 0.25) is 0 Å². The molecule has 0 unspecified atom stereocenters.